The van der Waals surface area contributed by atoms with Crippen molar-refractivity contribution >= 4 is 35.6 Å². The predicted octanol–water partition coefficient (Wildman–Crippen LogP) is 3.75. The molecule has 1 N–H and O–H groups in total. The SMILES string of the molecule is CCCN1CCC(CNC(=NC)N2CCN(c3cccc(C(F)(F)F)c3)CC2)C1.I. The van der Waals surface area contributed by atoms with Gasteiger partial charge < -0.3 is 20.0 Å². The highest BCUT2D eigenvalue weighted by atomic mass is 127. The molecule has 0 bridgehead atoms. The van der Waals surface area contributed by atoms with Crippen LogP contribution < -0.4 is 10.2 Å². The Balaban J connectivity index is 0.00000320. The summed E-state index contributed by atoms with van der Waals surface area (Å²) in [5, 5.41) is 3.51. The lowest BCUT2D eigenvalue weighted by atomic mass is 10.1. The minimum atomic E-state index is -4.31. The number of rotatable bonds is 5. The molecule has 0 aliphatic carbocycles. The van der Waals surface area contributed by atoms with Crippen LogP contribution in [0, 0.1) is 5.92 Å². The standard InChI is InChI=1S/C21H32F3N5.HI/c1-3-8-27-9-7-17(16-27)15-26-20(25-2)29-12-10-28(11-13-29)19-6-4-5-18(14-19)21(22,23)24;/h4-6,14,17H,3,7-13,15-16H2,1-2H3,(H,25,26);1H. The van der Waals surface area contributed by atoms with E-state index in [0.717, 1.165) is 38.2 Å². The minimum Gasteiger partial charge on any atom is -0.368 e. The fourth-order valence-corrected chi connectivity index (χ4v) is 4.22. The number of aliphatic imine (C=N–C) groups is 1. The average Bonchev–Trinajstić information content (AvgIpc) is 3.16. The molecule has 3 rings (SSSR count). The number of benzene rings is 1. The lowest BCUT2D eigenvalue weighted by Crippen LogP contribution is -2.53. The van der Waals surface area contributed by atoms with Crippen molar-refractivity contribution in [2.45, 2.75) is 25.9 Å². The van der Waals surface area contributed by atoms with Gasteiger partial charge in [0.15, 0.2) is 5.96 Å². The Morgan fingerprint density at radius 1 is 1.17 bits per heavy atom. The van der Waals surface area contributed by atoms with Gasteiger partial charge in [0.05, 0.1) is 5.56 Å². The Kier molecular flexibility index (Phi) is 9.52. The molecule has 0 spiro atoms. The number of hydrogen-bond acceptors (Lipinski definition) is 3. The van der Waals surface area contributed by atoms with Crippen LogP contribution in [0.15, 0.2) is 29.3 Å². The van der Waals surface area contributed by atoms with Crippen LogP contribution in [-0.2, 0) is 6.18 Å². The van der Waals surface area contributed by atoms with Crippen LogP contribution in [0.25, 0.3) is 0 Å². The average molecular weight is 539 g/mol. The maximum atomic E-state index is 13.0. The van der Waals surface area contributed by atoms with E-state index in [0.29, 0.717) is 24.7 Å². The minimum absolute atomic E-state index is 0. The van der Waals surface area contributed by atoms with E-state index in [1.165, 1.54) is 38.1 Å². The smallest absolute Gasteiger partial charge is 0.368 e. The highest BCUT2D eigenvalue weighted by molar-refractivity contribution is 14.0. The monoisotopic (exact) mass is 539 g/mol. The molecule has 1 unspecified atom stereocenters. The van der Waals surface area contributed by atoms with E-state index < -0.39 is 11.7 Å². The molecule has 5 nitrogen and oxygen atoms in total. The van der Waals surface area contributed by atoms with Crippen molar-refractivity contribution in [1.82, 2.24) is 15.1 Å². The van der Waals surface area contributed by atoms with Crippen molar-refractivity contribution in [2.24, 2.45) is 10.9 Å². The van der Waals surface area contributed by atoms with Crippen molar-refractivity contribution in [1.29, 1.82) is 0 Å². The number of guanidine groups is 1. The van der Waals surface area contributed by atoms with Crippen LogP contribution in [0.2, 0.25) is 0 Å². The lowest BCUT2D eigenvalue weighted by Gasteiger charge is -2.38. The third-order valence-corrected chi connectivity index (χ3v) is 5.79. The van der Waals surface area contributed by atoms with Crippen molar-refractivity contribution in [3.8, 4) is 0 Å². The van der Waals surface area contributed by atoms with Crippen LogP contribution in [0.1, 0.15) is 25.3 Å². The molecule has 30 heavy (non-hydrogen) atoms. The second-order valence-corrected chi connectivity index (χ2v) is 7.91. The molecule has 9 heteroatoms. The largest absolute Gasteiger partial charge is 0.416 e. The Morgan fingerprint density at radius 3 is 2.53 bits per heavy atom. The predicted molar refractivity (Wildman–Crippen MR) is 127 cm³/mol. The van der Waals surface area contributed by atoms with Crippen LogP contribution in [0.5, 0.6) is 0 Å². The fraction of sp³-hybridized carbons (Fsp3) is 0.667. The summed E-state index contributed by atoms with van der Waals surface area (Å²) in [7, 11) is 1.79. The van der Waals surface area contributed by atoms with Gasteiger partial charge in [0, 0.05) is 52.0 Å². The molecule has 2 heterocycles. The summed E-state index contributed by atoms with van der Waals surface area (Å²) in [4.78, 5) is 11.1. The summed E-state index contributed by atoms with van der Waals surface area (Å²) in [6, 6.07) is 5.59. The fourth-order valence-electron chi connectivity index (χ4n) is 4.22. The van der Waals surface area contributed by atoms with E-state index in [2.05, 4.69) is 27.0 Å². The molecule has 1 aromatic rings. The van der Waals surface area contributed by atoms with Crippen LogP contribution in [0.3, 0.4) is 0 Å². The van der Waals surface area contributed by atoms with Gasteiger partial charge in [0.25, 0.3) is 0 Å². The summed E-state index contributed by atoms with van der Waals surface area (Å²) in [6.45, 7) is 9.45. The number of anilines is 1. The number of likely N-dealkylation sites (tertiary alicyclic amines) is 1. The first-order valence-electron chi connectivity index (χ1n) is 10.5. The van der Waals surface area contributed by atoms with E-state index in [4.69, 9.17) is 0 Å². The molecule has 0 amide bonds. The normalized spacial score (nSPS) is 21.0. The lowest BCUT2D eigenvalue weighted by molar-refractivity contribution is -0.137. The summed E-state index contributed by atoms with van der Waals surface area (Å²) in [6.07, 6.45) is -1.90. The van der Waals surface area contributed by atoms with Crippen molar-refractivity contribution in [3.05, 3.63) is 29.8 Å². The molecule has 2 saturated heterocycles. The number of nitrogens with one attached hydrogen (secondary N) is 1. The van der Waals surface area contributed by atoms with Gasteiger partial charge in [-0.25, -0.2) is 0 Å². The molecule has 0 radical (unpaired) electrons. The summed E-state index contributed by atoms with van der Waals surface area (Å²) in [5.74, 6) is 1.53. The van der Waals surface area contributed by atoms with Crippen LogP contribution in [-0.4, -0.2) is 75.2 Å². The number of piperazine rings is 1. The zero-order valence-corrected chi connectivity index (χ0v) is 20.1. The molecule has 0 aromatic heterocycles. The summed E-state index contributed by atoms with van der Waals surface area (Å²) < 4.78 is 38.9. The quantitative estimate of drug-likeness (QED) is 0.351. The summed E-state index contributed by atoms with van der Waals surface area (Å²) >= 11 is 0. The molecular formula is C21H33F3IN5. The molecular weight excluding hydrogens is 506 g/mol. The zero-order valence-electron chi connectivity index (χ0n) is 17.8. The highest BCUT2D eigenvalue weighted by Gasteiger charge is 2.31. The van der Waals surface area contributed by atoms with E-state index in [1.54, 1.807) is 13.1 Å². The van der Waals surface area contributed by atoms with Crippen molar-refractivity contribution in [3.63, 3.8) is 0 Å². The third-order valence-electron chi connectivity index (χ3n) is 5.79. The topological polar surface area (TPSA) is 34.1 Å². The van der Waals surface area contributed by atoms with Gasteiger partial charge in [-0.1, -0.05) is 13.0 Å². The first kappa shape index (κ1) is 25.0. The Labute approximate surface area is 194 Å². The maximum Gasteiger partial charge on any atom is 0.416 e. The second kappa shape index (κ2) is 11.4. The molecule has 170 valence electrons. The first-order chi connectivity index (χ1) is 13.9. The first-order valence-corrected chi connectivity index (χ1v) is 10.5. The van der Waals surface area contributed by atoms with E-state index >= 15 is 0 Å². The number of nitrogens with zero attached hydrogens (tertiary/aromatic N) is 4. The van der Waals surface area contributed by atoms with Gasteiger partial charge in [0.2, 0.25) is 0 Å². The number of alkyl halides is 3. The van der Waals surface area contributed by atoms with E-state index in [9.17, 15) is 13.2 Å². The Morgan fingerprint density at radius 2 is 1.90 bits per heavy atom. The Bertz CT molecular complexity index is 689. The van der Waals surface area contributed by atoms with Gasteiger partial charge in [-0.15, -0.1) is 24.0 Å². The molecule has 2 fully saturated rings. The van der Waals surface area contributed by atoms with Crippen molar-refractivity contribution in [2.75, 3.05) is 64.3 Å². The molecule has 2 aliphatic rings. The maximum absolute atomic E-state index is 13.0. The zero-order chi connectivity index (χ0) is 20.9. The highest BCUT2D eigenvalue weighted by Crippen LogP contribution is 2.31. The van der Waals surface area contributed by atoms with Gasteiger partial charge >= 0.3 is 6.18 Å². The van der Waals surface area contributed by atoms with Crippen LogP contribution in [0.4, 0.5) is 18.9 Å². The van der Waals surface area contributed by atoms with E-state index in [1.807, 2.05) is 4.90 Å². The molecule has 1 atom stereocenters. The molecule has 0 saturated carbocycles. The Hall–Kier alpha value is -1.23. The molecule has 2 aliphatic heterocycles. The number of hydrogen-bond donors (Lipinski definition) is 1. The van der Waals surface area contributed by atoms with Gasteiger partial charge in [0.1, 0.15) is 0 Å². The number of halogens is 4. The van der Waals surface area contributed by atoms with E-state index in [-0.39, 0.29) is 24.0 Å². The van der Waals surface area contributed by atoms with Gasteiger partial charge in [-0.05, 0) is 50.0 Å². The van der Waals surface area contributed by atoms with Crippen LogP contribution >= 0.6 is 24.0 Å². The second-order valence-electron chi connectivity index (χ2n) is 7.91. The van der Waals surface area contributed by atoms with Gasteiger partial charge in [-0.2, -0.15) is 13.2 Å². The summed E-state index contributed by atoms with van der Waals surface area (Å²) in [5.41, 5.74) is 0.0352. The van der Waals surface area contributed by atoms with Crippen molar-refractivity contribution < 1.29 is 13.2 Å². The third kappa shape index (κ3) is 6.63. The molecule has 1 aromatic carbocycles. The van der Waals surface area contributed by atoms with Gasteiger partial charge in [-0.3, -0.25) is 4.99 Å².